The first-order valence-electron chi connectivity index (χ1n) is 6.30. The van der Waals surface area contributed by atoms with Gasteiger partial charge in [0, 0.05) is 27.2 Å². The number of thiophene rings is 1. The lowest BCUT2D eigenvalue weighted by Crippen LogP contribution is -2.06. The molecule has 1 unspecified atom stereocenters. The van der Waals surface area contributed by atoms with E-state index in [9.17, 15) is 0 Å². The Morgan fingerprint density at radius 1 is 1.39 bits per heavy atom. The third-order valence-corrected chi connectivity index (χ3v) is 4.91. The van der Waals surface area contributed by atoms with Crippen molar-refractivity contribution in [1.82, 2.24) is 9.36 Å². The second-order valence-electron chi connectivity index (χ2n) is 4.97. The normalized spacial score (nSPS) is 16.8. The van der Waals surface area contributed by atoms with Crippen LogP contribution in [0.15, 0.2) is 6.07 Å². The summed E-state index contributed by atoms with van der Waals surface area (Å²) in [6.07, 6.45) is 2.52. The summed E-state index contributed by atoms with van der Waals surface area (Å²) in [7, 11) is 0. The van der Waals surface area contributed by atoms with E-state index in [4.69, 9.17) is 0 Å². The number of rotatable bonds is 4. The molecule has 5 heteroatoms. The van der Waals surface area contributed by atoms with Gasteiger partial charge in [-0.2, -0.15) is 4.37 Å². The Kier molecular flexibility index (Phi) is 3.11. The van der Waals surface area contributed by atoms with Gasteiger partial charge in [0.05, 0.1) is 6.04 Å². The van der Waals surface area contributed by atoms with Crippen LogP contribution in [0.2, 0.25) is 0 Å². The van der Waals surface area contributed by atoms with Gasteiger partial charge in [-0.15, -0.1) is 11.3 Å². The van der Waals surface area contributed by atoms with Crippen molar-refractivity contribution in [3.8, 4) is 0 Å². The molecule has 1 fully saturated rings. The highest BCUT2D eigenvalue weighted by atomic mass is 32.1. The molecule has 0 radical (unpaired) electrons. The van der Waals surface area contributed by atoms with Crippen molar-refractivity contribution in [3.63, 3.8) is 0 Å². The lowest BCUT2D eigenvalue weighted by Gasteiger charge is -2.12. The minimum atomic E-state index is 0.301. The van der Waals surface area contributed by atoms with E-state index >= 15 is 0 Å². The van der Waals surface area contributed by atoms with Crippen LogP contribution < -0.4 is 5.32 Å². The Morgan fingerprint density at radius 2 is 2.17 bits per heavy atom. The Bertz CT molecular complexity index is 554. The zero-order chi connectivity index (χ0) is 12.7. The number of nitrogens with one attached hydrogen (secondary N) is 1. The largest absolute Gasteiger partial charge is 0.354 e. The Hall–Kier alpha value is -0.940. The van der Waals surface area contributed by atoms with Crippen LogP contribution in [0.1, 0.15) is 52.9 Å². The fourth-order valence-electron chi connectivity index (χ4n) is 2.14. The summed E-state index contributed by atoms with van der Waals surface area (Å²) in [6, 6.07) is 2.57. The summed E-state index contributed by atoms with van der Waals surface area (Å²) < 4.78 is 4.42. The average Bonchev–Trinajstić information content (AvgIpc) is 2.97. The van der Waals surface area contributed by atoms with Gasteiger partial charge in [-0.1, -0.05) is 0 Å². The summed E-state index contributed by atoms with van der Waals surface area (Å²) in [6.45, 7) is 6.53. The molecule has 0 spiro atoms. The second-order valence-corrected chi connectivity index (χ2v) is 7.18. The molecule has 18 heavy (non-hydrogen) atoms. The zero-order valence-electron chi connectivity index (χ0n) is 10.9. The summed E-state index contributed by atoms with van der Waals surface area (Å²) >= 11 is 3.34. The van der Waals surface area contributed by atoms with Crippen LogP contribution in [0.25, 0.3) is 0 Å². The fraction of sp³-hybridized carbons (Fsp3) is 0.538. The van der Waals surface area contributed by atoms with E-state index in [0.29, 0.717) is 12.0 Å². The first-order chi connectivity index (χ1) is 8.63. The van der Waals surface area contributed by atoms with Crippen LogP contribution in [0.5, 0.6) is 0 Å². The molecule has 1 atom stereocenters. The quantitative estimate of drug-likeness (QED) is 0.908. The highest BCUT2D eigenvalue weighted by Crippen LogP contribution is 2.39. The molecule has 3 rings (SSSR count). The maximum atomic E-state index is 4.57. The van der Waals surface area contributed by atoms with E-state index in [0.717, 1.165) is 11.0 Å². The van der Waals surface area contributed by atoms with Crippen molar-refractivity contribution in [2.45, 2.75) is 45.6 Å². The van der Waals surface area contributed by atoms with Crippen molar-refractivity contribution < 1.29 is 0 Å². The van der Waals surface area contributed by atoms with Crippen LogP contribution in [0, 0.1) is 13.8 Å². The predicted octanol–water partition coefficient (Wildman–Crippen LogP) is 4.27. The van der Waals surface area contributed by atoms with Crippen LogP contribution in [-0.4, -0.2) is 9.36 Å². The monoisotopic (exact) mass is 279 g/mol. The van der Waals surface area contributed by atoms with Gasteiger partial charge < -0.3 is 5.32 Å². The minimum Gasteiger partial charge on any atom is -0.354 e. The van der Waals surface area contributed by atoms with E-state index < -0.39 is 0 Å². The van der Waals surface area contributed by atoms with Crippen LogP contribution in [0.4, 0.5) is 5.13 Å². The molecule has 0 aromatic carbocycles. The van der Waals surface area contributed by atoms with Gasteiger partial charge in [0.2, 0.25) is 5.13 Å². The molecule has 0 aliphatic heterocycles. The van der Waals surface area contributed by atoms with Gasteiger partial charge in [0.1, 0.15) is 5.82 Å². The molecule has 2 heterocycles. The number of hydrogen-bond donors (Lipinski definition) is 1. The van der Waals surface area contributed by atoms with Gasteiger partial charge in [-0.3, -0.25) is 0 Å². The van der Waals surface area contributed by atoms with Crippen LogP contribution in [-0.2, 0) is 0 Å². The smallest absolute Gasteiger partial charge is 0.203 e. The molecule has 0 amide bonds. The van der Waals surface area contributed by atoms with Crippen molar-refractivity contribution in [3.05, 3.63) is 27.2 Å². The van der Waals surface area contributed by atoms with E-state index in [-0.39, 0.29) is 0 Å². The first kappa shape index (κ1) is 12.1. The van der Waals surface area contributed by atoms with Gasteiger partial charge in [-0.05, 0) is 45.2 Å². The maximum absolute atomic E-state index is 4.57. The second kappa shape index (κ2) is 4.63. The molecule has 1 aliphatic rings. The van der Waals surface area contributed by atoms with E-state index in [1.165, 1.54) is 39.7 Å². The molecule has 1 N–H and O–H groups in total. The average molecular weight is 279 g/mol. The molecular weight excluding hydrogens is 262 g/mol. The van der Waals surface area contributed by atoms with Crippen molar-refractivity contribution in [2.75, 3.05) is 5.32 Å². The summed E-state index contributed by atoms with van der Waals surface area (Å²) in [5, 5.41) is 4.42. The van der Waals surface area contributed by atoms with E-state index in [1.54, 1.807) is 0 Å². The lowest BCUT2D eigenvalue weighted by molar-refractivity contribution is 0.872. The molecule has 0 bridgehead atoms. The van der Waals surface area contributed by atoms with Gasteiger partial charge in [0.25, 0.3) is 0 Å². The molecule has 1 aliphatic carbocycles. The summed E-state index contributed by atoms with van der Waals surface area (Å²) in [5.74, 6) is 1.67. The Morgan fingerprint density at radius 3 is 2.78 bits per heavy atom. The molecular formula is C13H17N3S2. The standard InChI is InChI=1S/C13H17N3S2/c1-7-6-11(9(3)17-7)8(2)14-13-15-12(16-18-13)10-4-5-10/h6,8,10H,4-5H2,1-3H3,(H,14,15,16). The first-order valence-corrected chi connectivity index (χ1v) is 7.89. The van der Waals surface area contributed by atoms with E-state index in [1.807, 2.05) is 11.3 Å². The van der Waals surface area contributed by atoms with Crippen LogP contribution >= 0.6 is 22.9 Å². The van der Waals surface area contributed by atoms with Crippen molar-refractivity contribution in [1.29, 1.82) is 0 Å². The molecule has 1 saturated carbocycles. The SMILES string of the molecule is Cc1cc(C(C)Nc2nc(C3CC3)ns2)c(C)s1. The van der Waals surface area contributed by atoms with Gasteiger partial charge in [-0.25, -0.2) is 4.98 Å². The number of hydrogen-bond acceptors (Lipinski definition) is 5. The molecule has 0 saturated heterocycles. The van der Waals surface area contributed by atoms with E-state index in [2.05, 4.69) is 41.5 Å². The lowest BCUT2D eigenvalue weighted by atomic mass is 10.1. The van der Waals surface area contributed by atoms with Crippen molar-refractivity contribution >= 4 is 28.0 Å². The number of nitrogens with zero attached hydrogens (tertiary/aromatic N) is 2. The Labute approximate surface area is 115 Å². The summed E-state index contributed by atoms with van der Waals surface area (Å²) in [5.41, 5.74) is 1.38. The highest BCUT2D eigenvalue weighted by Gasteiger charge is 2.28. The number of aromatic nitrogens is 2. The third-order valence-electron chi connectivity index (χ3n) is 3.27. The molecule has 2 aromatic heterocycles. The fourth-order valence-corrected chi connectivity index (χ4v) is 3.90. The minimum absolute atomic E-state index is 0.301. The molecule has 2 aromatic rings. The number of anilines is 1. The van der Waals surface area contributed by atoms with Gasteiger partial charge in [0.15, 0.2) is 0 Å². The highest BCUT2D eigenvalue weighted by molar-refractivity contribution is 7.12. The zero-order valence-corrected chi connectivity index (χ0v) is 12.5. The number of aryl methyl sites for hydroxylation is 2. The third kappa shape index (κ3) is 2.42. The molecule has 96 valence electrons. The summed E-state index contributed by atoms with van der Waals surface area (Å²) in [4.78, 5) is 7.33. The predicted molar refractivity (Wildman–Crippen MR) is 77.7 cm³/mol. The van der Waals surface area contributed by atoms with Crippen molar-refractivity contribution in [2.24, 2.45) is 0 Å². The van der Waals surface area contributed by atoms with Gasteiger partial charge >= 0.3 is 0 Å². The topological polar surface area (TPSA) is 37.8 Å². The Balaban J connectivity index is 1.72. The maximum Gasteiger partial charge on any atom is 0.203 e. The molecule has 3 nitrogen and oxygen atoms in total. The van der Waals surface area contributed by atoms with Crippen LogP contribution in [0.3, 0.4) is 0 Å².